The summed E-state index contributed by atoms with van der Waals surface area (Å²) in [5, 5.41) is 0. The molecule has 1 atom stereocenters. The van der Waals surface area contributed by atoms with Crippen LogP contribution in [0.3, 0.4) is 0 Å². The van der Waals surface area contributed by atoms with Crippen LogP contribution < -0.4 is 4.57 Å². The van der Waals surface area contributed by atoms with E-state index < -0.39 is 18.0 Å². The number of hydrogen-bond acceptors (Lipinski definition) is 4. The minimum absolute atomic E-state index is 0.0313. The average Bonchev–Trinajstić information content (AvgIpc) is 2.91. The normalized spacial score (nSPS) is 11.7. The fraction of sp³-hybridized carbons (Fsp3) is 0.312. The minimum Gasteiger partial charge on any atom is -0.463 e. The van der Waals surface area contributed by atoms with Crippen LogP contribution >= 0.6 is 0 Å². The molecule has 0 bridgehead atoms. The van der Waals surface area contributed by atoms with Crippen LogP contribution in [0, 0.1) is 0 Å². The summed E-state index contributed by atoms with van der Waals surface area (Å²) in [5.41, 5.74) is 0.590. The molecule has 0 amide bonds. The third kappa shape index (κ3) is 4.18. The highest BCUT2D eigenvalue weighted by Crippen LogP contribution is 2.19. The van der Waals surface area contributed by atoms with Gasteiger partial charge in [-0.05, 0) is 6.92 Å². The molecule has 1 aromatic carbocycles. The van der Waals surface area contributed by atoms with Gasteiger partial charge in [-0.2, -0.15) is 0 Å². The van der Waals surface area contributed by atoms with Crippen molar-refractivity contribution in [2.45, 2.75) is 19.6 Å². The number of nitrogens with zero attached hydrogens (tertiary/aromatic N) is 2. The van der Waals surface area contributed by atoms with Crippen molar-refractivity contribution in [1.82, 2.24) is 4.57 Å². The maximum absolute atomic E-state index is 12.1. The van der Waals surface area contributed by atoms with Crippen molar-refractivity contribution in [3.63, 3.8) is 0 Å². The number of imidazole rings is 1. The standard InChI is InChI=1S/C16H19N2O4/c1-3-21-16(20)15(13-7-5-4-6-8-13)22-14(19)11-18-10-9-17(2)12-18/h4-10,12,15H,3,11H2,1-2H3/q+1. The fourth-order valence-corrected chi connectivity index (χ4v) is 2.01. The monoisotopic (exact) mass is 303 g/mol. The summed E-state index contributed by atoms with van der Waals surface area (Å²) in [5.74, 6) is -1.07. The fourth-order valence-electron chi connectivity index (χ4n) is 2.01. The lowest BCUT2D eigenvalue weighted by Crippen LogP contribution is -2.26. The smallest absolute Gasteiger partial charge is 0.352 e. The molecule has 116 valence electrons. The largest absolute Gasteiger partial charge is 0.463 e. The number of ether oxygens (including phenoxy) is 2. The Hall–Kier alpha value is -2.63. The maximum Gasteiger partial charge on any atom is 0.352 e. The Morgan fingerprint density at radius 3 is 2.59 bits per heavy atom. The molecule has 2 rings (SSSR count). The Bertz CT molecular complexity index is 637. The lowest BCUT2D eigenvalue weighted by Gasteiger charge is -2.16. The summed E-state index contributed by atoms with van der Waals surface area (Å²) < 4.78 is 13.8. The lowest BCUT2D eigenvalue weighted by atomic mass is 10.1. The topological polar surface area (TPSA) is 61.4 Å². The van der Waals surface area contributed by atoms with Gasteiger partial charge >= 0.3 is 11.9 Å². The molecule has 22 heavy (non-hydrogen) atoms. The molecular formula is C16H19N2O4+. The highest BCUT2D eigenvalue weighted by Gasteiger charge is 2.27. The van der Waals surface area contributed by atoms with E-state index in [1.807, 2.05) is 23.9 Å². The van der Waals surface area contributed by atoms with Gasteiger partial charge in [0.25, 0.3) is 0 Å². The SMILES string of the molecule is CCOC(=O)C(OC(=O)Cn1cc[n+](C)c1)c1ccccc1. The van der Waals surface area contributed by atoms with Gasteiger partial charge in [-0.15, -0.1) is 0 Å². The predicted octanol–water partition coefficient (Wildman–Crippen LogP) is 1.16. The summed E-state index contributed by atoms with van der Waals surface area (Å²) in [6.45, 7) is 1.97. The van der Waals surface area contributed by atoms with Gasteiger partial charge in [0.15, 0.2) is 6.54 Å². The Labute approximate surface area is 128 Å². The molecule has 1 unspecified atom stereocenters. The number of hydrogen-bond donors (Lipinski definition) is 0. The molecule has 0 aliphatic rings. The van der Waals surface area contributed by atoms with E-state index in [0.29, 0.717) is 5.56 Å². The maximum atomic E-state index is 12.1. The zero-order valence-corrected chi connectivity index (χ0v) is 12.6. The van der Waals surface area contributed by atoms with Gasteiger partial charge in [0, 0.05) is 5.56 Å². The van der Waals surface area contributed by atoms with Crippen molar-refractivity contribution in [1.29, 1.82) is 0 Å². The van der Waals surface area contributed by atoms with Crippen LogP contribution in [0.25, 0.3) is 0 Å². The van der Waals surface area contributed by atoms with Gasteiger partial charge in [-0.25, -0.2) is 18.7 Å². The molecule has 6 heteroatoms. The number of carbonyl (C=O) groups excluding carboxylic acids is 2. The first kappa shape index (κ1) is 15.8. The van der Waals surface area contributed by atoms with Crippen LogP contribution in [0.15, 0.2) is 49.1 Å². The van der Waals surface area contributed by atoms with Gasteiger partial charge in [0.2, 0.25) is 12.4 Å². The number of rotatable bonds is 6. The second kappa shape index (κ2) is 7.40. The van der Waals surface area contributed by atoms with E-state index in [0.717, 1.165) is 0 Å². The number of esters is 2. The Morgan fingerprint density at radius 2 is 2.00 bits per heavy atom. The highest BCUT2D eigenvalue weighted by atomic mass is 16.6. The van der Waals surface area contributed by atoms with Crippen molar-refractivity contribution in [3.05, 3.63) is 54.6 Å². The molecule has 1 heterocycles. The van der Waals surface area contributed by atoms with Crippen LogP contribution in [0.1, 0.15) is 18.6 Å². The first-order valence-corrected chi connectivity index (χ1v) is 7.02. The number of carbonyl (C=O) groups is 2. The molecule has 1 aromatic heterocycles. The van der Waals surface area contributed by atoms with Crippen molar-refractivity contribution < 1.29 is 23.6 Å². The van der Waals surface area contributed by atoms with Crippen molar-refractivity contribution >= 4 is 11.9 Å². The van der Waals surface area contributed by atoms with Crippen LogP contribution in [0.5, 0.6) is 0 Å². The molecule has 0 radical (unpaired) electrons. The summed E-state index contributed by atoms with van der Waals surface area (Å²) in [6, 6.07) is 8.84. The highest BCUT2D eigenvalue weighted by molar-refractivity contribution is 5.80. The molecule has 0 aliphatic heterocycles. The average molecular weight is 303 g/mol. The number of aryl methyl sites for hydroxylation is 1. The quantitative estimate of drug-likeness (QED) is 0.593. The van der Waals surface area contributed by atoms with E-state index >= 15 is 0 Å². The van der Waals surface area contributed by atoms with E-state index in [1.54, 1.807) is 48.3 Å². The molecule has 6 nitrogen and oxygen atoms in total. The van der Waals surface area contributed by atoms with Gasteiger partial charge < -0.3 is 9.47 Å². The third-order valence-electron chi connectivity index (χ3n) is 2.99. The third-order valence-corrected chi connectivity index (χ3v) is 2.99. The van der Waals surface area contributed by atoms with Gasteiger partial charge in [-0.1, -0.05) is 30.3 Å². The first-order chi connectivity index (χ1) is 10.6. The van der Waals surface area contributed by atoms with E-state index in [2.05, 4.69) is 0 Å². The summed E-state index contributed by atoms with van der Waals surface area (Å²) >= 11 is 0. The van der Waals surface area contributed by atoms with E-state index in [-0.39, 0.29) is 13.2 Å². The Kier molecular flexibility index (Phi) is 5.30. The first-order valence-electron chi connectivity index (χ1n) is 7.02. The van der Waals surface area contributed by atoms with Crippen LogP contribution in [-0.4, -0.2) is 23.1 Å². The molecular weight excluding hydrogens is 284 g/mol. The van der Waals surface area contributed by atoms with Gasteiger partial charge in [0.1, 0.15) is 12.4 Å². The minimum atomic E-state index is -1.04. The Morgan fingerprint density at radius 1 is 1.27 bits per heavy atom. The second-order valence-corrected chi connectivity index (χ2v) is 4.78. The number of aromatic nitrogens is 2. The molecule has 0 spiro atoms. The van der Waals surface area contributed by atoms with Crippen molar-refractivity contribution in [2.75, 3.05) is 6.61 Å². The van der Waals surface area contributed by atoms with Crippen LogP contribution in [-0.2, 0) is 32.7 Å². The second-order valence-electron chi connectivity index (χ2n) is 4.78. The summed E-state index contributed by atoms with van der Waals surface area (Å²) in [7, 11) is 1.85. The molecule has 2 aromatic rings. The van der Waals surface area contributed by atoms with E-state index in [4.69, 9.17) is 9.47 Å². The molecule has 0 fully saturated rings. The van der Waals surface area contributed by atoms with Gasteiger partial charge in [-0.3, -0.25) is 0 Å². The molecule has 0 saturated carbocycles. The van der Waals surface area contributed by atoms with Crippen LogP contribution in [0.4, 0.5) is 0 Å². The van der Waals surface area contributed by atoms with Crippen molar-refractivity contribution in [3.8, 4) is 0 Å². The molecule has 0 saturated heterocycles. The number of benzene rings is 1. The molecule has 0 N–H and O–H groups in total. The zero-order valence-electron chi connectivity index (χ0n) is 12.6. The Balaban J connectivity index is 2.09. The van der Waals surface area contributed by atoms with E-state index in [9.17, 15) is 9.59 Å². The lowest BCUT2D eigenvalue weighted by molar-refractivity contribution is -0.671. The predicted molar refractivity (Wildman–Crippen MR) is 77.5 cm³/mol. The molecule has 0 aliphatic carbocycles. The van der Waals surface area contributed by atoms with Crippen LogP contribution in [0.2, 0.25) is 0 Å². The summed E-state index contributed by atoms with van der Waals surface area (Å²) in [4.78, 5) is 24.1. The zero-order chi connectivity index (χ0) is 15.9. The van der Waals surface area contributed by atoms with Gasteiger partial charge in [0.05, 0.1) is 13.7 Å². The van der Waals surface area contributed by atoms with Crippen molar-refractivity contribution in [2.24, 2.45) is 7.05 Å². The van der Waals surface area contributed by atoms with E-state index in [1.165, 1.54) is 0 Å². The summed E-state index contributed by atoms with van der Waals surface area (Å²) in [6.07, 6.45) is 4.28.